The van der Waals surface area contributed by atoms with E-state index in [1.165, 1.54) is 0 Å². The maximum Gasteiger partial charge on any atom is 0.288 e. The van der Waals surface area contributed by atoms with Crippen LogP contribution in [0.1, 0.15) is 20.3 Å². The topological polar surface area (TPSA) is 32.3 Å². The lowest BCUT2D eigenvalue weighted by molar-refractivity contribution is 0.0748. The summed E-state index contributed by atoms with van der Waals surface area (Å²) in [5.74, 6) is -2.42. The Morgan fingerprint density at radius 1 is 1.35 bits per heavy atom. The zero-order chi connectivity index (χ0) is 12.9. The van der Waals surface area contributed by atoms with Crippen LogP contribution in [0.4, 0.5) is 14.5 Å². The lowest BCUT2D eigenvalue weighted by Gasteiger charge is -2.18. The van der Waals surface area contributed by atoms with E-state index in [9.17, 15) is 13.9 Å². The Morgan fingerprint density at radius 3 is 2.59 bits per heavy atom. The fourth-order valence-corrected chi connectivity index (χ4v) is 1.93. The molecule has 0 aliphatic carbocycles. The average Bonchev–Trinajstić information content (AvgIpc) is 2.18. The smallest absolute Gasteiger partial charge is 0.288 e. The molecule has 0 unspecified atom stereocenters. The Balaban J connectivity index is 2.58. The Bertz CT molecular complexity index is 353. The zero-order valence-electron chi connectivity index (χ0n) is 9.91. The summed E-state index contributed by atoms with van der Waals surface area (Å²) in [6.07, 6.45) is 0.556. The van der Waals surface area contributed by atoms with Crippen molar-refractivity contribution in [3.63, 3.8) is 0 Å². The highest BCUT2D eigenvalue weighted by Gasteiger charge is 2.13. The summed E-state index contributed by atoms with van der Waals surface area (Å²) in [6.45, 7) is 3.98. The standard InChI is InChI=1S/C12H17F2NOS/c1-12(2,16)7-8-15-9-5-3-4-6-10(9)17-11(13)14/h3-6,11,15-16H,7-8H2,1-2H3. The highest BCUT2D eigenvalue weighted by atomic mass is 32.2. The number of para-hydroxylation sites is 1. The molecule has 5 heteroatoms. The highest BCUT2D eigenvalue weighted by Crippen LogP contribution is 2.31. The monoisotopic (exact) mass is 261 g/mol. The van der Waals surface area contributed by atoms with Gasteiger partial charge in [0.05, 0.1) is 5.60 Å². The molecule has 1 aromatic rings. The van der Waals surface area contributed by atoms with E-state index in [4.69, 9.17) is 0 Å². The van der Waals surface area contributed by atoms with Crippen molar-refractivity contribution in [3.8, 4) is 0 Å². The Labute approximate surface area is 104 Å². The van der Waals surface area contributed by atoms with E-state index in [0.717, 1.165) is 0 Å². The lowest BCUT2D eigenvalue weighted by atomic mass is 10.1. The summed E-state index contributed by atoms with van der Waals surface area (Å²) in [6, 6.07) is 6.94. The second-order valence-corrected chi connectivity index (χ2v) is 5.40. The molecule has 0 amide bonds. The maximum atomic E-state index is 12.3. The fourth-order valence-electron chi connectivity index (χ4n) is 1.31. The number of aliphatic hydroxyl groups is 1. The maximum absolute atomic E-state index is 12.3. The molecule has 0 spiro atoms. The molecule has 0 saturated carbocycles. The molecule has 0 aliphatic heterocycles. The van der Waals surface area contributed by atoms with Gasteiger partial charge < -0.3 is 10.4 Å². The number of hydrogen-bond acceptors (Lipinski definition) is 3. The van der Waals surface area contributed by atoms with Crippen LogP contribution in [0.2, 0.25) is 0 Å². The van der Waals surface area contributed by atoms with Crippen LogP contribution in [0, 0.1) is 0 Å². The first-order valence-corrected chi connectivity index (χ1v) is 6.26. The van der Waals surface area contributed by atoms with Crippen LogP contribution in [0.15, 0.2) is 29.2 Å². The van der Waals surface area contributed by atoms with Gasteiger partial charge in [0, 0.05) is 17.1 Å². The number of benzene rings is 1. The normalized spacial score (nSPS) is 11.9. The number of halogens is 2. The minimum atomic E-state index is -2.42. The second kappa shape index (κ2) is 6.21. The van der Waals surface area contributed by atoms with E-state index in [1.807, 2.05) is 0 Å². The third kappa shape index (κ3) is 5.89. The number of nitrogens with one attached hydrogen (secondary N) is 1. The van der Waals surface area contributed by atoms with Crippen molar-refractivity contribution in [2.24, 2.45) is 0 Å². The molecule has 0 heterocycles. The molecule has 96 valence electrons. The minimum Gasteiger partial charge on any atom is -0.390 e. The number of rotatable bonds is 6. The SMILES string of the molecule is CC(C)(O)CCNc1ccccc1SC(F)F. The quantitative estimate of drug-likeness (QED) is 0.768. The molecule has 0 radical (unpaired) electrons. The van der Waals surface area contributed by atoms with Gasteiger partial charge in [-0.25, -0.2) is 0 Å². The van der Waals surface area contributed by atoms with E-state index in [2.05, 4.69) is 5.32 Å². The largest absolute Gasteiger partial charge is 0.390 e. The molecule has 0 aliphatic rings. The van der Waals surface area contributed by atoms with E-state index in [0.29, 0.717) is 35.3 Å². The van der Waals surface area contributed by atoms with Crippen LogP contribution in [0.3, 0.4) is 0 Å². The van der Waals surface area contributed by atoms with Crippen LogP contribution >= 0.6 is 11.8 Å². The molecule has 0 saturated heterocycles. The highest BCUT2D eigenvalue weighted by molar-refractivity contribution is 7.99. The minimum absolute atomic E-state index is 0.525. The van der Waals surface area contributed by atoms with Crippen LogP contribution in [0.25, 0.3) is 0 Å². The van der Waals surface area contributed by atoms with Crippen molar-refractivity contribution in [3.05, 3.63) is 24.3 Å². The predicted octanol–water partition coefficient (Wildman–Crippen LogP) is 3.57. The van der Waals surface area contributed by atoms with Crippen LogP contribution in [-0.2, 0) is 0 Å². The molecule has 0 fully saturated rings. The van der Waals surface area contributed by atoms with Crippen molar-refractivity contribution in [2.45, 2.75) is 36.5 Å². The van der Waals surface area contributed by atoms with Crippen molar-refractivity contribution in [1.29, 1.82) is 0 Å². The average molecular weight is 261 g/mol. The molecule has 2 N–H and O–H groups in total. The molecule has 0 bridgehead atoms. The molecule has 17 heavy (non-hydrogen) atoms. The second-order valence-electron chi connectivity index (χ2n) is 4.36. The predicted molar refractivity (Wildman–Crippen MR) is 67.7 cm³/mol. The van der Waals surface area contributed by atoms with Crippen molar-refractivity contribution >= 4 is 17.4 Å². The molecule has 2 nitrogen and oxygen atoms in total. The van der Waals surface area contributed by atoms with Gasteiger partial charge in [0.2, 0.25) is 0 Å². The number of hydrogen-bond donors (Lipinski definition) is 2. The number of thioether (sulfide) groups is 1. The summed E-state index contributed by atoms with van der Waals surface area (Å²) < 4.78 is 24.6. The summed E-state index contributed by atoms with van der Waals surface area (Å²) in [5.41, 5.74) is -0.0697. The van der Waals surface area contributed by atoms with Crippen LogP contribution in [0.5, 0.6) is 0 Å². The van der Waals surface area contributed by atoms with Crippen LogP contribution in [-0.4, -0.2) is 23.0 Å². The van der Waals surface area contributed by atoms with E-state index in [-0.39, 0.29) is 0 Å². The van der Waals surface area contributed by atoms with Gasteiger partial charge in [0.25, 0.3) is 5.76 Å². The van der Waals surface area contributed by atoms with Gasteiger partial charge in [-0.05, 0) is 32.4 Å². The summed E-state index contributed by atoms with van der Waals surface area (Å²) in [7, 11) is 0. The molecular weight excluding hydrogens is 244 g/mol. The summed E-state index contributed by atoms with van der Waals surface area (Å²) in [4.78, 5) is 0.526. The van der Waals surface area contributed by atoms with Crippen molar-refractivity contribution in [1.82, 2.24) is 0 Å². The number of alkyl halides is 2. The summed E-state index contributed by atoms with van der Waals surface area (Å²) in [5, 5.41) is 12.6. The number of anilines is 1. The van der Waals surface area contributed by atoms with Gasteiger partial charge in [0.1, 0.15) is 0 Å². The first-order valence-electron chi connectivity index (χ1n) is 5.38. The molecule has 1 rings (SSSR count). The summed E-state index contributed by atoms with van der Waals surface area (Å²) >= 11 is 0.525. The van der Waals surface area contributed by atoms with Crippen molar-refractivity contribution in [2.75, 3.05) is 11.9 Å². The molecular formula is C12H17F2NOS. The molecule has 1 aromatic carbocycles. The fraction of sp³-hybridized carbons (Fsp3) is 0.500. The van der Waals surface area contributed by atoms with Crippen LogP contribution < -0.4 is 5.32 Å². The van der Waals surface area contributed by atoms with E-state index in [1.54, 1.807) is 38.1 Å². The molecule has 0 atom stereocenters. The van der Waals surface area contributed by atoms with Gasteiger partial charge in [-0.2, -0.15) is 8.78 Å². The molecule has 0 aromatic heterocycles. The Morgan fingerprint density at radius 2 is 2.00 bits per heavy atom. The van der Waals surface area contributed by atoms with Gasteiger partial charge >= 0.3 is 0 Å². The van der Waals surface area contributed by atoms with Gasteiger partial charge in [-0.15, -0.1) is 0 Å². The third-order valence-electron chi connectivity index (χ3n) is 2.16. The van der Waals surface area contributed by atoms with Gasteiger partial charge in [-0.1, -0.05) is 23.9 Å². The lowest BCUT2D eigenvalue weighted by Crippen LogP contribution is -2.22. The first-order chi connectivity index (χ1) is 7.88. The Hall–Kier alpha value is -0.810. The van der Waals surface area contributed by atoms with Gasteiger partial charge in [0.15, 0.2) is 0 Å². The van der Waals surface area contributed by atoms with E-state index >= 15 is 0 Å². The van der Waals surface area contributed by atoms with Gasteiger partial charge in [-0.3, -0.25) is 0 Å². The zero-order valence-corrected chi connectivity index (χ0v) is 10.7. The first kappa shape index (κ1) is 14.3. The Kier molecular flexibility index (Phi) is 5.21. The van der Waals surface area contributed by atoms with E-state index < -0.39 is 11.4 Å². The van der Waals surface area contributed by atoms with Crippen molar-refractivity contribution < 1.29 is 13.9 Å². The third-order valence-corrected chi connectivity index (χ3v) is 2.94.